The summed E-state index contributed by atoms with van der Waals surface area (Å²) in [5.41, 5.74) is 1.48. The summed E-state index contributed by atoms with van der Waals surface area (Å²) in [5.74, 6) is 2.26. The number of H-pyrrole nitrogens is 1. The van der Waals surface area contributed by atoms with Gasteiger partial charge in [-0.2, -0.15) is 10.1 Å². The molecule has 3 rings (SSSR count). The Morgan fingerprint density at radius 2 is 2.16 bits per heavy atom. The van der Waals surface area contributed by atoms with Crippen LogP contribution in [0.2, 0.25) is 0 Å². The first-order valence-electron chi connectivity index (χ1n) is 7.89. The van der Waals surface area contributed by atoms with E-state index < -0.39 is 0 Å². The third-order valence-electron chi connectivity index (χ3n) is 3.54. The maximum Gasteiger partial charge on any atom is 0.322 e. The van der Waals surface area contributed by atoms with Crippen molar-refractivity contribution in [2.24, 2.45) is 0 Å². The highest BCUT2D eigenvalue weighted by atomic mass is 16.5. The molecule has 2 N–H and O–H groups in total. The molecule has 9 nitrogen and oxygen atoms in total. The molecule has 0 unspecified atom stereocenters. The molecule has 0 aliphatic rings. The van der Waals surface area contributed by atoms with Crippen LogP contribution >= 0.6 is 0 Å². The second-order valence-corrected chi connectivity index (χ2v) is 5.50. The van der Waals surface area contributed by atoms with Crippen LogP contribution < -0.4 is 5.32 Å². The predicted molar refractivity (Wildman–Crippen MR) is 90.7 cm³/mol. The van der Waals surface area contributed by atoms with Crippen molar-refractivity contribution in [1.29, 1.82) is 0 Å². The molecule has 1 aromatic carbocycles. The van der Waals surface area contributed by atoms with Crippen LogP contribution in [0.3, 0.4) is 0 Å². The standard InChI is InChI=1S/C16H19N7O2/c1-4-23(9-14-18-11(3)25-22-14)16(24)19-13-7-5-6-12(8-13)15-17-10(2)20-21-15/h5-8H,4,9H2,1-3H3,(H,19,24)(H,17,20,21). The Kier molecular flexibility index (Phi) is 4.73. The van der Waals surface area contributed by atoms with Crippen LogP contribution in [0.15, 0.2) is 28.8 Å². The van der Waals surface area contributed by atoms with Gasteiger partial charge in [-0.05, 0) is 26.0 Å². The number of hydrogen-bond acceptors (Lipinski definition) is 6. The number of amides is 2. The van der Waals surface area contributed by atoms with E-state index in [4.69, 9.17) is 4.52 Å². The van der Waals surface area contributed by atoms with Gasteiger partial charge >= 0.3 is 6.03 Å². The van der Waals surface area contributed by atoms with Crippen molar-refractivity contribution >= 4 is 11.7 Å². The van der Waals surface area contributed by atoms with Crippen molar-refractivity contribution in [1.82, 2.24) is 30.2 Å². The number of rotatable bonds is 5. The predicted octanol–water partition coefficient (Wildman–Crippen LogP) is 2.53. The number of carbonyl (C=O) groups excluding carboxylic acids is 1. The Labute approximate surface area is 144 Å². The normalized spacial score (nSPS) is 10.7. The molecule has 0 radical (unpaired) electrons. The van der Waals surface area contributed by atoms with Crippen LogP contribution in [-0.4, -0.2) is 42.8 Å². The number of hydrogen-bond donors (Lipinski definition) is 2. The molecule has 0 aliphatic heterocycles. The fourth-order valence-corrected chi connectivity index (χ4v) is 2.31. The van der Waals surface area contributed by atoms with Crippen LogP contribution in [0.25, 0.3) is 11.4 Å². The van der Waals surface area contributed by atoms with Gasteiger partial charge in [-0.1, -0.05) is 17.3 Å². The lowest BCUT2D eigenvalue weighted by Crippen LogP contribution is -2.34. The minimum Gasteiger partial charge on any atom is -0.340 e. The van der Waals surface area contributed by atoms with E-state index in [9.17, 15) is 4.79 Å². The lowest BCUT2D eigenvalue weighted by molar-refractivity contribution is 0.210. The zero-order chi connectivity index (χ0) is 17.8. The van der Waals surface area contributed by atoms with Crippen LogP contribution in [-0.2, 0) is 6.54 Å². The van der Waals surface area contributed by atoms with Crippen LogP contribution in [0.5, 0.6) is 0 Å². The van der Waals surface area contributed by atoms with E-state index in [1.54, 1.807) is 11.8 Å². The number of aromatic amines is 1. The maximum atomic E-state index is 12.5. The summed E-state index contributed by atoms with van der Waals surface area (Å²) in [6.07, 6.45) is 0. The number of aromatic nitrogens is 5. The zero-order valence-electron chi connectivity index (χ0n) is 14.3. The SMILES string of the molecule is CCN(Cc1noc(C)n1)C(=O)Nc1cccc(-c2n[nH]c(C)n2)c1. The van der Waals surface area contributed by atoms with E-state index in [2.05, 4.69) is 30.6 Å². The fraction of sp³-hybridized carbons (Fsp3) is 0.312. The summed E-state index contributed by atoms with van der Waals surface area (Å²) in [5, 5.41) is 13.6. The van der Waals surface area contributed by atoms with Gasteiger partial charge in [-0.15, -0.1) is 0 Å². The molecule has 9 heteroatoms. The highest BCUT2D eigenvalue weighted by molar-refractivity contribution is 5.90. The molecule has 2 heterocycles. The monoisotopic (exact) mass is 341 g/mol. The van der Waals surface area contributed by atoms with Gasteiger partial charge in [0.1, 0.15) is 5.82 Å². The fourth-order valence-electron chi connectivity index (χ4n) is 2.31. The largest absolute Gasteiger partial charge is 0.340 e. The molecular formula is C16H19N7O2. The third kappa shape index (κ3) is 4.00. The van der Waals surface area contributed by atoms with E-state index in [0.29, 0.717) is 29.8 Å². The molecule has 2 aromatic heterocycles. The van der Waals surface area contributed by atoms with Crippen molar-refractivity contribution in [2.75, 3.05) is 11.9 Å². The zero-order valence-corrected chi connectivity index (χ0v) is 14.3. The summed E-state index contributed by atoms with van der Waals surface area (Å²) in [4.78, 5) is 22.5. The Morgan fingerprint density at radius 3 is 2.80 bits per heavy atom. The lowest BCUT2D eigenvalue weighted by atomic mass is 10.2. The average Bonchev–Trinajstić information content (AvgIpc) is 3.21. The molecule has 0 saturated heterocycles. The van der Waals surface area contributed by atoms with Crippen molar-refractivity contribution in [3.63, 3.8) is 0 Å². The molecule has 0 bridgehead atoms. The maximum absolute atomic E-state index is 12.5. The number of carbonyl (C=O) groups is 1. The minimum atomic E-state index is -0.242. The Bertz CT molecular complexity index is 871. The average molecular weight is 341 g/mol. The number of nitrogens with zero attached hydrogens (tertiary/aromatic N) is 5. The van der Waals surface area contributed by atoms with E-state index in [-0.39, 0.29) is 12.6 Å². The minimum absolute atomic E-state index is 0.242. The third-order valence-corrected chi connectivity index (χ3v) is 3.54. The smallest absolute Gasteiger partial charge is 0.322 e. The van der Waals surface area contributed by atoms with E-state index in [1.165, 1.54) is 0 Å². The molecule has 25 heavy (non-hydrogen) atoms. The van der Waals surface area contributed by atoms with Crippen LogP contribution in [0.1, 0.15) is 24.5 Å². The highest BCUT2D eigenvalue weighted by Crippen LogP contribution is 2.19. The summed E-state index contributed by atoms with van der Waals surface area (Å²) in [6, 6.07) is 7.13. The summed E-state index contributed by atoms with van der Waals surface area (Å²) >= 11 is 0. The van der Waals surface area contributed by atoms with Gasteiger partial charge in [-0.25, -0.2) is 9.78 Å². The molecule has 0 spiro atoms. The molecule has 2 amide bonds. The Balaban J connectivity index is 1.71. The summed E-state index contributed by atoms with van der Waals surface area (Å²) < 4.78 is 4.94. The Morgan fingerprint density at radius 1 is 1.32 bits per heavy atom. The second kappa shape index (κ2) is 7.12. The van der Waals surface area contributed by atoms with Gasteiger partial charge in [-0.3, -0.25) is 5.10 Å². The molecular weight excluding hydrogens is 322 g/mol. The van der Waals surface area contributed by atoms with Gasteiger partial charge < -0.3 is 14.7 Å². The quantitative estimate of drug-likeness (QED) is 0.737. The number of nitrogens with one attached hydrogen (secondary N) is 2. The molecule has 0 aliphatic carbocycles. The van der Waals surface area contributed by atoms with E-state index in [1.807, 2.05) is 38.1 Å². The van der Waals surface area contributed by atoms with Crippen LogP contribution in [0, 0.1) is 13.8 Å². The van der Waals surface area contributed by atoms with E-state index >= 15 is 0 Å². The molecule has 130 valence electrons. The van der Waals surface area contributed by atoms with Gasteiger partial charge in [0.25, 0.3) is 0 Å². The molecule has 0 atom stereocenters. The van der Waals surface area contributed by atoms with E-state index in [0.717, 1.165) is 11.4 Å². The number of urea groups is 1. The summed E-state index contributed by atoms with van der Waals surface area (Å²) in [6.45, 7) is 6.22. The van der Waals surface area contributed by atoms with Crippen molar-refractivity contribution < 1.29 is 9.32 Å². The molecule has 3 aromatic rings. The van der Waals surface area contributed by atoms with Gasteiger partial charge in [0.05, 0.1) is 6.54 Å². The first-order valence-corrected chi connectivity index (χ1v) is 7.89. The van der Waals surface area contributed by atoms with Crippen molar-refractivity contribution in [3.8, 4) is 11.4 Å². The Hall–Kier alpha value is -3.23. The van der Waals surface area contributed by atoms with Gasteiger partial charge in [0, 0.05) is 24.7 Å². The number of benzene rings is 1. The van der Waals surface area contributed by atoms with Crippen LogP contribution in [0.4, 0.5) is 10.5 Å². The topological polar surface area (TPSA) is 113 Å². The van der Waals surface area contributed by atoms with Gasteiger partial charge in [0.15, 0.2) is 11.6 Å². The number of aryl methyl sites for hydroxylation is 2. The summed E-state index contributed by atoms with van der Waals surface area (Å²) in [7, 11) is 0. The highest BCUT2D eigenvalue weighted by Gasteiger charge is 2.16. The first-order chi connectivity index (χ1) is 12.0. The van der Waals surface area contributed by atoms with Crippen molar-refractivity contribution in [2.45, 2.75) is 27.3 Å². The molecule has 0 fully saturated rings. The van der Waals surface area contributed by atoms with Gasteiger partial charge in [0.2, 0.25) is 5.89 Å². The lowest BCUT2D eigenvalue weighted by Gasteiger charge is -2.19. The second-order valence-electron chi connectivity index (χ2n) is 5.50. The first kappa shape index (κ1) is 16.6. The number of anilines is 1. The molecule has 0 saturated carbocycles. The van der Waals surface area contributed by atoms with Crippen molar-refractivity contribution in [3.05, 3.63) is 41.8 Å².